The quantitative estimate of drug-likeness (QED) is 0.840. The van der Waals surface area contributed by atoms with Gasteiger partial charge in [0.25, 0.3) is 0 Å². The fourth-order valence-corrected chi connectivity index (χ4v) is 4.01. The predicted octanol–water partition coefficient (Wildman–Crippen LogP) is 1.29. The van der Waals surface area contributed by atoms with Gasteiger partial charge in [0.15, 0.2) is 9.84 Å². The zero-order chi connectivity index (χ0) is 16.0. The summed E-state index contributed by atoms with van der Waals surface area (Å²) in [4.78, 5) is 11.1. The van der Waals surface area contributed by atoms with E-state index in [4.69, 9.17) is 5.73 Å². The molecule has 1 aromatic heterocycles. The normalized spacial score (nSPS) is 22.3. The van der Waals surface area contributed by atoms with Crippen molar-refractivity contribution in [2.24, 2.45) is 0 Å². The summed E-state index contributed by atoms with van der Waals surface area (Å²) in [6, 6.07) is -0.107. The Balaban J connectivity index is 2.47. The average Bonchev–Trinajstić information content (AvgIpc) is 2.31. The van der Waals surface area contributed by atoms with Gasteiger partial charge in [-0.05, 0) is 13.8 Å². The van der Waals surface area contributed by atoms with E-state index in [-0.39, 0.29) is 23.0 Å². The van der Waals surface area contributed by atoms with E-state index in [9.17, 15) is 8.42 Å². The monoisotopic (exact) mass is 312 g/mol. The van der Waals surface area contributed by atoms with E-state index in [1.807, 2.05) is 39.5 Å². The highest BCUT2D eigenvalue weighted by atomic mass is 32.2. The Labute approximate surface area is 126 Å². The second kappa shape index (κ2) is 5.12. The molecule has 0 aromatic carbocycles. The molecule has 0 amide bonds. The maximum Gasteiger partial charge on any atom is 0.154 e. The van der Waals surface area contributed by atoms with Crippen molar-refractivity contribution in [3.05, 3.63) is 11.4 Å². The van der Waals surface area contributed by atoms with Gasteiger partial charge >= 0.3 is 0 Å². The lowest BCUT2D eigenvalue weighted by Gasteiger charge is -2.35. The number of anilines is 2. The van der Waals surface area contributed by atoms with Crippen molar-refractivity contribution in [1.82, 2.24) is 9.97 Å². The van der Waals surface area contributed by atoms with E-state index in [0.29, 0.717) is 18.2 Å². The lowest BCUT2D eigenvalue weighted by Crippen LogP contribution is -2.48. The van der Waals surface area contributed by atoms with Crippen molar-refractivity contribution in [2.75, 3.05) is 28.7 Å². The molecule has 1 unspecified atom stereocenters. The Hall–Kier alpha value is -1.37. The van der Waals surface area contributed by atoms with E-state index in [0.717, 1.165) is 11.4 Å². The van der Waals surface area contributed by atoms with Gasteiger partial charge in [-0.25, -0.2) is 18.4 Å². The molecular weight excluding hydrogens is 288 g/mol. The molecule has 2 rings (SSSR count). The number of nitrogens with two attached hydrogens (primary N) is 1. The molecule has 0 saturated carbocycles. The van der Waals surface area contributed by atoms with Gasteiger partial charge in [-0.1, -0.05) is 20.8 Å². The lowest BCUT2D eigenvalue weighted by molar-refractivity contribution is 0.538. The van der Waals surface area contributed by atoms with Crippen LogP contribution >= 0.6 is 0 Å². The summed E-state index contributed by atoms with van der Waals surface area (Å²) in [5, 5.41) is 0. The zero-order valence-corrected chi connectivity index (χ0v) is 14.2. The highest BCUT2D eigenvalue weighted by Gasteiger charge is 2.31. The van der Waals surface area contributed by atoms with Gasteiger partial charge in [0.1, 0.15) is 17.5 Å². The largest absolute Gasteiger partial charge is 0.383 e. The average molecular weight is 312 g/mol. The minimum atomic E-state index is -2.95. The second-order valence-electron chi connectivity index (χ2n) is 6.79. The summed E-state index contributed by atoms with van der Waals surface area (Å²) >= 11 is 0. The summed E-state index contributed by atoms with van der Waals surface area (Å²) in [5.74, 6) is 2.22. The van der Waals surface area contributed by atoms with E-state index in [1.54, 1.807) is 0 Å². The zero-order valence-electron chi connectivity index (χ0n) is 13.3. The smallest absolute Gasteiger partial charge is 0.154 e. The number of aromatic nitrogens is 2. The van der Waals surface area contributed by atoms with Crippen LogP contribution in [0.4, 0.5) is 11.6 Å². The minimum absolute atomic E-state index is 0.107. The number of nitrogen functional groups attached to an aromatic ring is 1. The van der Waals surface area contributed by atoms with Crippen LogP contribution in [0.3, 0.4) is 0 Å². The Morgan fingerprint density at radius 3 is 2.43 bits per heavy atom. The van der Waals surface area contributed by atoms with Gasteiger partial charge in [-0.3, -0.25) is 0 Å². The van der Waals surface area contributed by atoms with Gasteiger partial charge < -0.3 is 10.6 Å². The molecule has 2 heterocycles. The van der Waals surface area contributed by atoms with Crippen molar-refractivity contribution >= 4 is 21.5 Å². The van der Waals surface area contributed by atoms with Crippen molar-refractivity contribution < 1.29 is 8.42 Å². The predicted molar refractivity (Wildman–Crippen MR) is 85.3 cm³/mol. The molecule has 1 fully saturated rings. The van der Waals surface area contributed by atoms with Crippen LogP contribution in [0.1, 0.15) is 39.1 Å². The molecule has 1 aliphatic heterocycles. The van der Waals surface area contributed by atoms with Crippen molar-refractivity contribution in [1.29, 1.82) is 0 Å². The Morgan fingerprint density at radius 2 is 1.90 bits per heavy atom. The lowest BCUT2D eigenvalue weighted by atomic mass is 9.95. The number of hydrogen-bond acceptors (Lipinski definition) is 6. The molecule has 1 atom stereocenters. The van der Waals surface area contributed by atoms with Crippen LogP contribution in [0.25, 0.3) is 0 Å². The molecule has 1 aromatic rings. The molecule has 0 spiro atoms. The Kier molecular flexibility index (Phi) is 3.90. The molecule has 0 radical (unpaired) electrons. The van der Waals surface area contributed by atoms with Gasteiger partial charge in [0, 0.05) is 23.6 Å². The number of sulfone groups is 1. The topological polar surface area (TPSA) is 89.2 Å². The van der Waals surface area contributed by atoms with Crippen LogP contribution in [0.2, 0.25) is 0 Å². The molecule has 0 bridgehead atoms. The van der Waals surface area contributed by atoms with Gasteiger partial charge in [-0.2, -0.15) is 0 Å². The summed E-state index contributed by atoms with van der Waals surface area (Å²) in [5.41, 5.74) is 6.63. The molecule has 1 saturated heterocycles. The van der Waals surface area contributed by atoms with Crippen LogP contribution in [0.5, 0.6) is 0 Å². The molecule has 2 N–H and O–H groups in total. The van der Waals surface area contributed by atoms with E-state index < -0.39 is 9.84 Å². The molecule has 6 nitrogen and oxygen atoms in total. The molecular formula is C14H24N4O2S. The Morgan fingerprint density at radius 1 is 1.29 bits per heavy atom. The fraction of sp³-hybridized carbons (Fsp3) is 0.714. The maximum atomic E-state index is 11.7. The van der Waals surface area contributed by atoms with E-state index in [1.165, 1.54) is 0 Å². The second-order valence-corrected chi connectivity index (χ2v) is 9.02. The van der Waals surface area contributed by atoms with Gasteiger partial charge in [-0.15, -0.1) is 0 Å². The fourth-order valence-electron chi connectivity index (χ4n) is 2.45. The third-order valence-electron chi connectivity index (χ3n) is 3.77. The van der Waals surface area contributed by atoms with Crippen molar-refractivity contribution in [2.45, 2.75) is 46.1 Å². The minimum Gasteiger partial charge on any atom is -0.383 e. The SMILES string of the molecule is Cc1c(N)nc(C(C)(C)C)nc1N1CCS(=O)(=O)CC1C. The Bertz CT molecular complexity index is 650. The first-order chi connectivity index (χ1) is 9.51. The first kappa shape index (κ1) is 16.0. The maximum absolute atomic E-state index is 11.7. The van der Waals surface area contributed by atoms with Gasteiger partial charge in [0.05, 0.1) is 11.5 Å². The van der Waals surface area contributed by atoms with Crippen molar-refractivity contribution in [3.8, 4) is 0 Å². The van der Waals surface area contributed by atoms with E-state index in [2.05, 4.69) is 9.97 Å². The summed E-state index contributed by atoms with van der Waals surface area (Å²) in [7, 11) is -2.95. The third kappa shape index (κ3) is 3.28. The first-order valence-electron chi connectivity index (χ1n) is 7.13. The number of nitrogens with zero attached hydrogens (tertiary/aromatic N) is 3. The highest BCUT2D eigenvalue weighted by Crippen LogP contribution is 2.29. The van der Waals surface area contributed by atoms with Crippen LogP contribution in [-0.2, 0) is 15.3 Å². The summed E-state index contributed by atoms with van der Waals surface area (Å²) < 4.78 is 23.5. The summed E-state index contributed by atoms with van der Waals surface area (Å²) in [6.45, 7) is 10.3. The highest BCUT2D eigenvalue weighted by molar-refractivity contribution is 7.91. The summed E-state index contributed by atoms with van der Waals surface area (Å²) in [6.07, 6.45) is 0. The van der Waals surface area contributed by atoms with E-state index >= 15 is 0 Å². The van der Waals surface area contributed by atoms with Crippen LogP contribution in [0, 0.1) is 6.92 Å². The first-order valence-corrected chi connectivity index (χ1v) is 8.95. The molecule has 0 aliphatic carbocycles. The van der Waals surface area contributed by atoms with Crippen LogP contribution in [0.15, 0.2) is 0 Å². The molecule has 1 aliphatic rings. The molecule has 118 valence electrons. The van der Waals surface area contributed by atoms with Crippen molar-refractivity contribution in [3.63, 3.8) is 0 Å². The van der Waals surface area contributed by atoms with Gasteiger partial charge in [0.2, 0.25) is 0 Å². The standard InChI is InChI=1S/C14H24N4O2S/c1-9-8-21(19,20)7-6-18(9)12-10(2)11(15)16-13(17-12)14(3,4)5/h9H,6-8H2,1-5H3,(H2,15,16,17). The van der Waals surface area contributed by atoms with Crippen LogP contribution in [-0.4, -0.2) is 42.5 Å². The number of rotatable bonds is 1. The third-order valence-corrected chi connectivity index (χ3v) is 5.57. The number of hydrogen-bond donors (Lipinski definition) is 1. The molecule has 21 heavy (non-hydrogen) atoms. The van der Waals surface area contributed by atoms with Crippen LogP contribution < -0.4 is 10.6 Å². The molecule has 7 heteroatoms.